The van der Waals surface area contributed by atoms with Crippen LogP contribution in [0.4, 0.5) is 23.1 Å². The van der Waals surface area contributed by atoms with E-state index in [0.29, 0.717) is 23.0 Å². The van der Waals surface area contributed by atoms with Crippen molar-refractivity contribution >= 4 is 29.0 Å². The predicted molar refractivity (Wildman–Crippen MR) is 106 cm³/mol. The Morgan fingerprint density at radius 1 is 1.08 bits per heavy atom. The Hall–Kier alpha value is -2.67. The van der Waals surface area contributed by atoms with E-state index in [-0.39, 0.29) is 5.91 Å². The number of amides is 1. The number of nitrogens with zero attached hydrogens (tertiary/aromatic N) is 5. The van der Waals surface area contributed by atoms with Crippen LogP contribution in [0.2, 0.25) is 0 Å². The maximum atomic E-state index is 12.8. The van der Waals surface area contributed by atoms with Crippen molar-refractivity contribution in [2.75, 3.05) is 55.4 Å². The third-order valence-corrected chi connectivity index (χ3v) is 4.84. The number of nitrogens with one attached hydrogen (secondary N) is 1. The van der Waals surface area contributed by atoms with Gasteiger partial charge in [-0.2, -0.15) is 4.98 Å². The molecule has 1 aromatic carbocycles. The fourth-order valence-electron chi connectivity index (χ4n) is 3.15. The number of rotatable bonds is 6. The second kappa shape index (κ2) is 7.70. The number of anilines is 4. The highest BCUT2D eigenvalue weighted by atomic mass is 16.2. The minimum atomic E-state index is -0.0583. The Morgan fingerprint density at radius 2 is 1.81 bits per heavy atom. The molecule has 2 aromatic rings. The van der Waals surface area contributed by atoms with Crippen LogP contribution in [0.3, 0.4) is 0 Å². The Morgan fingerprint density at radius 3 is 2.54 bits per heavy atom. The maximum Gasteiger partial charge on any atom is 0.260 e. The molecule has 0 saturated heterocycles. The molecule has 0 saturated carbocycles. The lowest BCUT2D eigenvalue weighted by Crippen LogP contribution is -2.29. The molecule has 2 heterocycles. The van der Waals surface area contributed by atoms with Crippen LogP contribution in [0, 0.1) is 0 Å². The molecule has 0 fully saturated rings. The van der Waals surface area contributed by atoms with Gasteiger partial charge in [-0.15, -0.1) is 0 Å². The van der Waals surface area contributed by atoms with Crippen LogP contribution >= 0.6 is 0 Å². The van der Waals surface area contributed by atoms with E-state index < -0.39 is 0 Å². The number of hydrogen-bond donors (Lipinski definition) is 1. The summed E-state index contributed by atoms with van der Waals surface area (Å²) in [5.74, 6) is 1.23. The van der Waals surface area contributed by atoms with Crippen molar-refractivity contribution in [3.8, 4) is 0 Å². The number of likely N-dealkylation sites (N-methyl/N-ethyl adjacent to an activating group) is 1. The molecule has 1 amide bonds. The van der Waals surface area contributed by atoms with E-state index >= 15 is 0 Å². The zero-order valence-electron chi connectivity index (χ0n) is 15.9. The summed E-state index contributed by atoms with van der Waals surface area (Å²) >= 11 is 0. The van der Waals surface area contributed by atoms with Crippen molar-refractivity contribution in [2.24, 2.45) is 0 Å². The van der Waals surface area contributed by atoms with Gasteiger partial charge in [0, 0.05) is 27.2 Å². The monoisotopic (exact) mass is 354 g/mol. The molecule has 26 heavy (non-hydrogen) atoms. The zero-order valence-corrected chi connectivity index (χ0v) is 15.9. The first-order chi connectivity index (χ1) is 12.6. The van der Waals surface area contributed by atoms with Crippen molar-refractivity contribution < 1.29 is 4.79 Å². The molecule has 1 aromatic heterocycles. The number of carbonyl (C=O) groups excluding carboxylic acids is 1. The standard InChI is InChI=1S/C19H26N6O/c1-5-25(6-2)12-11-20-19-21-13-16-17(22-19)23(3)15-10-8-7-9-14(15)18(26)24(16)4/h7-10,13H,5-6,11-12H2,1-4H3,(H,20,21,22). The average molecular weight is 354 g/mol. The molecule has 0 unspecified atom stereocenters. The molecular weight excluding hydrogens is 328 g/mol. The summed E-state index contributed by atoms with van der Waals surface area (Å²) in [5, 5.41) is 3.29. The summed E-state index contributed by atoms with van der Waals surface area (Å²) in [7, 11) is 3.69. The molecule has 3 rings (SSSR count). The number of hydrogen-bond acceptors (Lipinski definition) is 6. The fourth-order valence-corrected chi connectivity index (χ4v) is 3.15. The van der Waals surface area contributed by atoms with E-state index in [2.05, 4.69) is 34.0 Å². The van der Waals surface area contributed by atoms with Crippen molar-refractivity contribution in [1.29, 1.82) is 0 Å². The second-order valence-corrected chi connectivity index (χ2v) is 6.30. The highest BCUT2D eigenvalue weighted by Crippen LogP contribution is 2.37. The molecule has 0 atom stereocenters. The lowest BCUT2D eigenvalue weighted by molar-refractivity contribution is 0.0994. The summed E-state index contributed by atoms with van der Waals surface area (Å²) < 4.78 is 0. The number of fused-ring (bicyclic) bond motifs is 2. The average Bonchev–Trinajstić information content (AvgIpc) is 2.76. The Bertz CT molecular complexity index is 789. The van der Waals surface area contributed by atoms with E-state index in [1.54, 1.807) is 18.1 Å². The second-order valence-electron chi connectivity index (χ2n) is 6.30. The molecule has 7 nitrogen and oxygen atoms in total. The first kappa shape index (κ1) is 18.1. The van der Waals surface area contributed by atoms with Gasteiger partial charge >= 0.3 is 0 Å². The lowest BCUT2D eigenvalue weighted by Gasteiger charge is -2.22. The molecule has 0 aliphatic carbocycles. The first-order valence-electron chi connectivity index (χ1n) is 9.00. The predicted octanol–water partition coefficient (Wildman–Crippen LogP) is 2.59. The van der Waals surface area contributed by atoms with Crippen LogP contribution in [-0.2, 0) is 0 Å². The van der Waals surface area contributed by atoms with E-state index in [0.717, 1.165) is 31.9 Å². The van der Waals surface area contributed by atoms with Gasteiger partial charge in [0.2, 0.25) is 5.95 Å². The van der Waals surface area contributed by atoms with Gasteiger partial charge < -0.3 is 20.0 Å². The molecule has 0 bridgehead atoms. The fraction of sp³-hybridized carbons (Fsp3) is 0.421. The number of benzene rings is 1. The third kappa shape index (κ3) is 3.35. The summed E-state index contributed by atoms with van der Waals surface area (Å²) in [5.41, 5.74) is 2.20. The summed E-state index contributed by atoms with van der Waals surface area (Å²) in [4.78, 5) is 27.7. The van der Waals surface area contributed by atoms with Crippen molar-refractivity contribution in [3.63, 3.8) is 0 Å². The Kier molecular flexibility index (Phi) is 5.37. The van der Waals surface area contributed by atoms with E-state index in [1.807, 2.05) is 36.2 Å². The van der Waals surface area contributed by atoms with Gasteiger partial charge in [0.15, 0.2) is 5.82 Å². The molecular formula is C19H26N6O. The number of aromatic nitrogens is 2. The minimum absolute atomic E-state index is 0.0583. The van der Waals surface area contributed by atoms with Crippen LogP contribution in [0.25, 0.3) is 0 Å². The van der Waals surface area contributed by atoms with Gasteiger partial charge in [-0.05, 0) is 25.2 Å². The topological polar surface area (TPSA) is 64.6 Å². The molecule has 1 aliphatic rings. The zero-order chi connectivity index (χ0) is 18.7. The van der Waals surface area contributed by atoms with Gasteiger partial charge in [0.05, 0.1) is 17.4 Å². The SMILES string of the molecule is CCN(CC)CCNc1ncc2c(n1)N(C)c1ccccc1C(=O)N2C. The summed E-state index contributed by atoms with van der Waals surface area (Å²) in [6.45, 7) is 8.06. The van der Waals surface area contributed by atoms with Crippen LogP contribution in [0.1, 0.15) is 24.2 Å². The maximum absolute atomic E-state index is 12.8. The van der Waals surface area contributed by atoms with Crippen LogP contribution < -0.4 is 15.1 Å². The highest BCUT2D eigenvalue weighted by molar-refractivity contribution is 6.13. The quantitative estimate of drug-likeness (QED) is 0.860. The molecule has 1 N–H and O–H groups in total. The van der Waals surface area contributed by atoms with Crippen molar-refractivity contribution in [3.05, 3.63) is 36.0 Å². The molecule has 0 radical (unpaired) electrons. The van der Waals surface area contributed by atoms with Crippen LogP contribution in [0.5, 0.6) is 0 Å². The molecule has 1 aliphatic heterocycles. The van der Waals surface area contributed by atoms with Gasteiger partial charge in [-0.25, -0.2) is 4.98 Å². The highest BCUT2D eigenvalue weighted by Gasteiger charge is 2.28. The summed E-state index contributed by atoms with van der Waals surface area (Å²) in [6, 6.07) is 7.58. The van der Waals surface area contributed by atoms with Crippen molar-refractivity contribution in [2.45, 2.75) is 13.8 Å². The number of para-hydroxylation sites is 1. The van der Waals surface area contributed by atoms with Crippen LogP contribution in [0.15, 0.2) is 30.5 Å². The largest absolute Gasteiger partial charge is 0.353 e. The third-order valence-electron chi connectivity index (χ3n) is 4.84. The normalized spacial score (nSPS) is 13.5. The lowest BCUT2D eigenvalue weighted by atomic mass is 10.1. The van der Waals surface area contributed by atoms with Crippen molar-refractivity contribution in [1.82, 2.24) is 14.9 Å². The first-order valence-corrected chi connectivity index (χ1v) is 9.00. The van der Waals surface area contributed by atoms with E-state index in [4.69, 9.17) is 0 Å². The van der Waals surface area contributed by atoms with E-state index in [9.17, 15) is 4.79 Å². The van der Waals surface area contributed by atoms with E-state index in [1.165, 1.54) is 0 Å². The van der Waals surface area contributed by atoms with Gasteiger partial charge in [0.1, 0.15) is 5.69 Å². The number of carbonyl (C=O) groups is 1. The smallest absolute Gasteiger partial charge is 0.260 e. The molecule has 0 spiro atoms. The molecule has 138 valence electrons. The van der Waals surface area contributed by atoms with Gasteiger partial charge in [-0.1, -0.05) is 26.0 Å². The Balaban J connectivity index is 1.88. The van der Waals surface area contributed by atoms with Crippen LogP contribution in [-0.4, -0.2) is 61.0 Å². The summed E-state index contributed by atoms with van der Waals surface area (Å²) in [6.07, 6.45) is 1.71. The van der Waals surface area contributed by atoms with Gasteiger partial charge in [-0.3, -0.25) is 4.79 Å². The Labute approximate surface area is 154 Å². The molecule has 7 heteroatoms. The van der Waals surface area contributed by atoms with Gasteiger partial charge in [0.25, 0.3) is 5.91 Å². The minimum Gasteiger partial charge on any atom is -0.353 e.